The van der Waals surface area contributed by atoms with E-state index in [0.717, 1.165) is 31.0 Å². The van der Waals surface area contributed by atoms with Crippen LogP contribution in [-0.4, -0.2) is 18.0 Å². The minimum Gasteiger partial charge on any atom is -0.393 e. The van der Waals surface area contributed by atoms with Gasteiger partial charge in [-0.2, -0.15) is 0 Å². The summed E-state index contributed by atoms with van der Waals surface area (Å²) >= 11 is 0. The highest BCUT2D eigenvalue weighted by molar-refractivity contribution is 5.73. The number of hydrogen-bond acceptors (Lipinski definition) is 5. The lowest BCUT2D eigenvalue weighted by molar-refractivity contribution is -0.383. The first kappa shape index (κ1) is 13.4. The van der Waals surface area contributed by atoms with Crippen molar-refractivity contribution in [2.75, 3.05) is 23.7 Å². The Morgan fingerprint density at radius 3 is 2.81 bits per heavy atom. The van der Waals surface area contributed by atoms with Crippen LogP contribution in [0.3, 0.4) is 0 Å². The smallest absolute Gasteiger partial charge is 0.292 e. The predicted octanol–water partition coefficient (Wildman–Crippen LogP) is 2.42. The van der Waals surface area contributed by atoms with Crippen LogP contribution in [0.2, 0.25) is 0 Å². The molecule has 0 bridgehead atoms. The van der Waals surface area contributed by atoms with E-state index in [1.165, 1.54) is 11.6 Å². The standard InChI is InChI=1S/C15H16N4O2/c16-13-9-12(5-6-15(13)19(20)21)18-8-7-17-10-11-3-1-2-4-14(11)18/h1-6,9,17H,7-8,10,16H2. The maximum Gasteiger partial charge on any atom is 0.292 e. The fourth-order valence-corrected chi connectivity index (χ4v) is 2.60. The lowest BCUT2D eigenvalue weighted by Gasteiger charge is -2.24. The highest BCUT2D eigenvalue weighted by Gasteiger charge is 2.18. The predicted molar refractivity (Wildman–Crippen MR) is 82.7 cm³/mol. The van der Waals surface area contributed by atoms with Crippen LogP contribution in [0.15, 0.2) is 42.5 Å². The summed E-state index contributed by atoms with van der Waals surface area (Å²) < 4.78 is 0. The van der Waals surface area contributed by atoms with E-state index in [-0.39, 0.29) is 11.4 Å². The van der Waals surface area contributed by atoms with E-state index in [4.69, 9.17) is 5.73 Å². The van der Waals surface area contributed by atoms with Crippen LogP contribution in [0.25, 0.3) is 0 Å². The molecule has 0 fully saturated rings. The van der Waals surface area contributed by atoms with E-state index in [0.29, 0.717) is 0 Å². The summed E-state index contributed by atoms with van der Waals surface area (Å²) in [6.07, 6.45) is 0. The van der Waals surface area contributed by atoms with Crippen molar-refractivity contribution < 1.29 is 4.92 Å². The van der Waals surface area contributed by atoms with Gasteiger partial charge in [-0.05, 0) is 23.8 Å². The molecule has 21 heavy (non-hydrogen) atoms. The van der Waals surface area contributed by atoms with Gasteiger partial charge < -0.3 is 16.0 Å². The fourth-order valence-electron chi connectivity index (χ4n) is 2.60. The molecule has 1 aliphatic heterocycles. The molecule has 2 aromatic carbocycles. The van der Waals surface area contributed by atoms with Gasteiger partial charge >= 0.3 is 0 Å². The Kier molecular flexibility index (Phi) is 3.45. The summed E-state index contributed by atoms with van der Waals surface area (Å²) in [6.45, 7) is 2.44. The van der Waals surface area contributed by atoms with E-state index in [1.54, 1.807) is 12.1 Å². The van der Waals surface area contributed by atoms with Crippen LogP contribution in [0.5, 0.6) is 0 Å². The number of rotatable bonds is 2. The second-order valence-corrected chi connectivity index (χ2v) is 4.96. The number of nitrogens with zero attached hydrogens (tertiary/aromatic N) is 2. The highest BCUT2D eigenvalue weighted by Crippen LogP contribution is 2.33. The van der Waals surface area contributed by atoms with Crippen molar-refractivity contribution in [2.24, 2.45) is 0 Å². The quantitative estimate of drug-likeness (QED) is 0.502. The lowest BCUT2D eigenvalue weighted by atomic mass is 10.1. The molecular weight excluding hydrogens is 268 g/mol. The van der Waals surface area contributed by atoms with Gasteiger partial charge in [-0.25, -0.2) is 0 Å². The third kappa shape index (κ3) is 2.53. The van der Waals surface area contributed by atoms with Crippen LogP contribution in [0, 0.1) is 10.1 Å². The molecule has 6 heteroatoms. The molecule has 0 spiro atoms. The number of fused-ring (bicyclic) bond motifs is 1. The highest BCUT2D eigenvalue weighted by atomic mass is 16.6. The number of nitrogens with two attached hydrogens (primary N) is 1. The largest absolute Gasteiger partial charge is 0.393 e. The van der Waals surface area contributed by atoms with Crippen molar-refractivity contribution in [3.8, 4) is 0 Å². The molecule has 0 aliphatic carbocycles. The third-order valence-corrected chi connectivity index (χ3v) is 3.63. The second kappa shape index (κ2) is 5.41. The maximum atomic E-state index is 10.9. The van der Waals surface area contributed by atoms with Crippen LogP contribution in [0.1, 0.15) is 5.56 Å². The van der Waals surface area contributed by atoms with Crippen molar-refractivity contribution in [1.29, 1.82) is 0 Å². The molecule has 1 aliphatic rings. The second-order valence-electron chi connectivity index (χ2n) is 4.96. The molecule has 0 amide bonds. The lowest BCUT2D eigenvalue weighted by Crippen LogP contribution is -2.24. The Bertz CT molecular complexity index is 687. The van der Waals surface area contributed by atoms with Gasteiger partial charge in [0.25, 0.3) is 5.69 Å². The van der Waals surface area contributed by atoms with E-state index < -0.39 is 4.92 Å². The first-order valence-corrected chi connectivity index (χ1v) is 6.77. The number of nitro groups is 1. The number of nitrogen functional groups attached to an aromatic ring is 1. The number of hydrogen-bond donors (Lipinski definition) is 2. The van der Waals surface area contributed by atoms with Crippen LogP contribution in [0.4, 0.5) is 22.7 Å². The summed E-state index contributed by atoms with van der Waals surface area (Å²) in [6, 6.07) is 13.0. The molecule has 1 heterocycles. The Hall–Kier alpha value is -2.60. The van der Waals surface area contributed by atoms with Crippen LogP contribution >= 0.6 is 0 Å². The van der Waals surface area contributed by atoms with Gasteiger partial charge in [0.05, 0.1) is 4.92 Å². The van der Waals surface area contributed by atoms with Crippen molar-refractivity contribution in [2.45, 2.75) is 6.54 Å². The van der Waals surface area contributed by atoms with Gasteiger partial charge in [0.1, 0.15) is 5.69 Å². The van der Waals surface area contributed by atoms with Crippen LogP contribution < -0.4 is 16.0 Å². The minimum absolute atomic E-state index is 0.0556. The first-order chi connectivity index (χ1) is 10.2. The topological polar surface area (TPSA) is 84.4 Å². The molecule has 6 nitrogen and oxygen atoms in total. The molecule has 0 aromatic heterocycles. The Balaban J connectivity index is 2.04. The van der Waals surface area contributed by atoms with Crippen molar-refractivity contribution in [1.82, 2.24) is 5.32 Å². The minimum atomic E-state index is -0.461. The van der Waals surface area contributed by atoms with Gasteiger partial charge in [0, 0.05) is 37.1 Å². The molecule has 108 valence electrons. The molecule has 0 atom stereocenters. The van der Waals surface area contributed by atoms with E-state index >= 15 is 0 Å². The number of nitro benzene ring substituents is 1. The number of nitrogens with one attached hydrogen (secondary N) is 1. The molecule has 3 N–H and O–H groups in total. The zero-order valence-corrected chi connectivity index (χ0v) is 11.5. The summed E-state index contributed by atoms with van der Waals surface area (Å²) in [4.78, 5) is 12.5. The summed E-state index contributed by atoms with van der Waals surface area (Å²) in [5.74, 6) is 0. The Morgan fingerprint density at radius 1 is 1.24 bits per heavy atom. The molecule has 0 unspecified atom stereocenters. The van der Waals surface area contributed by atoms with Crippen molar-refractivity contribution in [3.63, 3.8) is 0 Å². The fraction of sp³-hybridized carbons (Fsp3) is 0.200. The number of anilines is 3. The number of para-hydroxylation sites is 1. The van der Waals surface area contributed by atoms with Gasteiger partial charge in [-0.1, -0.05) is 18.2 Å². The SMILES string of the molecule is Nc1cc(N2CCNCc3ccccc32)ccc1[N+](=O)[O-]. The van der Waals surface area contributed by atoms with Gasteiger partial charge in [0.2, 0.25) is 0 Å². The summed E-state index contributed by atoms with van der Waals surface area (Å²) in [5, 5.41) is 14.2. The molecule has 3 rings (SSSR count). The third-order valence-electron chi connectivity index (χ3n) is 3.63. The average Bonchev–Trinajstić information content (AvgIpc) is 2.69. The normalized spacial score (nSPS) is 14.4. The Labute approximate surface area is 122 Å². The summed E-state index contributed by atoms with van der Waals surface area (Å²) in [7, 11) is 0. The number of benzene rings is 2. The van der Waals surface area contributed by atoms with Crippen LogP contribution in [-0.2, 0) is 6.54 Å². The summed E-state index contributed by atoms with van der Waals surface area (Å²) in [5.41, 5.74) is 9.11. The van der Waals surface area contributed by atoms with E-state index in [2.05, 4.69) is 22.3 Å². The molecule has 2 aromatic rings. The molecule has 0 saturated carbocycles. The van der Waals surface area contributed by atoms with Gasteiger partial charge in [-0.15, -0.1) is 0 Å². The average molecular weight is 284 g/mol. The zero-order valence-electron chi connectivity index (χ0n) is 11.5. The van der Waals surface area contributed by atoms with E-state index in [1.807, 2.05) is 12.1 Å². The van der Waals surface area contributed by atoms with E-state index in [9.17, 15) is 10.1 Å². The maximum absolute atomic E-state index is 10.9. The monoisotopic (exact) mass is 284 g/mol. The van der Waals surface area contributed by atoms with Gasteiger partial charge in [0.15, 0.2) is 0 Å². The van der Waals surface area contributed by atoms with Gasteiger partial charge in [-0.3, -0.25) is 10.1 Å². The van der Waals surface area contributed by atoms with Crippen molar-refractivity contribution >= 4 is 22.7 Å². The zero-order chi connectivity index (χ0) is 14.8. The Morgan fingerprint density at radius 2 is 2.05 bits per heavy atom. The first-order valence-electron chi connectivity index (χ1n) is 6.77. The molecule has 0 radical (unpaired) electrons. The molecular formula is C15H16N4O2. The van der Waals surface area contributed by atoms with Crippen molar-refractivity contribution in [3.05, 3.63) is 58.1 Å². The molecule has 0 saturated heterocycles.